The van der Waals surface area contributed by atoms with Crippen LogP contribution in [-0.2, 0) is 21.2 Å². The first-order valence-corrected chi connectivity index (χ1v) is 12.9. The predicted octanol–water partition coefficient (Wildman–Crippen LogP) is 3.29. The maximum absolute atomic E-state index is 13.2. The molecule has 1 amide bonds. The Kier molecular flexibility index (Phi) is 5.99. The molecule has 2 aliphatic heterocycles. The van der Waals surface area contributed by atoms with Gasteiger partial charge in [-0.2, -0.15) is 4.31 Å². The number of sulfonamides is 1. The average molecular weight is 485 g/mol. The van der Waals surface area contributed by atoms with Crippen molar-refractivity contribution in [1.29, 1.82) is 0 Å². The Balaban J connectivity index is 1.25. The minimum atomic E-state index is -3.70. The molecule has 3 aromatic rings. The Bertz CT molecular complexity index is 1340. The minimum absolute atomic E-state index is 0.0337. The summed E-state index contributed by atoms with van der Waals surface area (Å²) in [6.45, 7) is 6.25. The molecular weight excluding hydrogens is 456 g/mol. The van der Waals surface area contributed by atoms with Crippen molar-refractivity contribution < 1.29 is 27.1 Å². The zero-order valence-electron chi connectivity index (χ0n) is 19.4. The number of hydrogen-bond donors (Lipinski definition) is 0. The first-order valence-electron chi connectivity index (χ1n) is 11.5. The maximum atomic E-state index is 13.2. The second-order valence-corrected chi connectivity index (χ2v) is 10.7. The fourth-order valence-corrected chi connectivity index (χ4v) is 5.87. The van der Waals surface area contributed by atoms with Gasteiger partial charge in [0.25, 0.3) is 0 Å². The molecule has 180 valence electrons. The van der Waals surface area contributed by atoms with Gasteiger partial charge in [0.15, 0.2) is 11.5 Å². The van der Waals surface area contributed by atoms with Crippen LogP contribution < -0.4 is 9.47 Å². The lowest BCUT2D eigenvalue weighted by molar-refractivity contribution is -0.131. The number of carbonyl (C=O) groups is 1. The van der Waals surface area contributed by atoms with Crippen LogP contribution in [-0.4, -0.2) is 62.9 Å². The van der Waals surface area contributed by atoms with Crippen LogP contribution in [0.1, 0.15) is 23.1 Å². The average Bonchev–Trinajstić information content (AvgIpc) is 3.09. The third-order valence-electron chi connectivity index (χ3n) is 6.63. The van der Waals surface area contributed by atoms with Gasteiger partial charge < -0.3 is 18.8 Å². The molecule has 1 fully saturated rings. The highest BCUT2D eigenvalue weighted by Crippen LogP contribution is 2.33. The molecule has 5 rings (SSSR count). The zero-order valence-corrected chi connectivity index (χ0v) is 20.2. The van der Waals surface area contributed by atoms with Gasteiger partial charge in [-0.1, -0.05) is 12.1 Å². The van der Waals surface area contributed by atoms with E-state index in [9.17, 15) is 13.2 Å². The van der Waals surface area contributed by atoms with Gasteiger partial charge in [-0.05, 0) is 37.1 Å². The number of furan rings is 1. The summed E-state index contributed by atoms with van der Waals surface area (Å²) in [6, 6.07) is 8.75. The van der Waals surface area contributed by atoms with Crippen LogP contribution in [0, 0.1) is 13.8 Å². The Morgan fingerprint density at radius 1 is 0.971 bits per heavy atom. The molecule has 0 atom stereocenters. The number of ether oxygens (including phenoxy) is 2. The molecule has 0 spiro atoms. The second-order valence-electron chi connectivity index (χ2n) is 8.77. The molecule has 8 nitrogen and oxygen atoms in total. The van der Waals surface area contributed by atoms with Crippen molar-refractivity contribution in [2.45, 2.75) is 31.6 Å². The zero-order chi connectivity index (χ0) is 23.9. The first-order chi connectivity index (χ1) is 16.3. The third kappa shape index (κ3) is 4.14. The molecule has 0 radical (unpaired) electrons. The van der Waals surface area contributed by atoms with Gasteiger partial charge in [0, 0.05) is 49.6 Å². The molecule has 0 saturated carbocycles. The lowest BCUT2D eigenvalue weighted by atomic mass is 10.0. The number of carbonyl (C=O) groups excluding carboxylic acids is 1. The maximum Gasteiger partial charge on any atom is 0.243 e. The molecule has 34 heavy (non-hydrogen) atoms. The molecular formula is C25H28N2O6S. The van der Waals surface area contributed by atoms with E-state index in [1.54, 1.807) is 23.3 Å². The van der Waals surface area contributed by atoms with E-state index in [1.165, 1.54) is 10.4 Å². The van der Waals surface area contributed by atoms with E-state index in [0.29, 0.717) is 37.8 Å². The van der Waals surface area contributed by atoms with Gasteiger partial charge in [-0.15, -0.1) is 0 Å². The van der Waals surface area contributed by atoms with E-state index >= 15 is 0 Å². The Labute approximate surface area is 199 Å². The summed E-state index contributed by atoms with van der Waals surface area (Å²) in [5.41, 5.74) is 3.88. The molecule has 2 aromatic carbocycles. The standard InChI is InChI=1S/C25H28N2O6S/c1-17-4-6-21-19(16-33-25(21)18(17)2)14-24(28)26-8-10-27(11-9-26)34(29,30)20-5-7-22-23(15-20)32-13-3-12-31-22/h4-7,15-16H,3,8-14H2,1-2H3. The van der Waals surface area contributed by atoms with Crippen LogP contribution in [0.3, 0.4) is 0 Å². The highest BCUT2D eigenvalue weighted by atomic mass is 32.2. The van der Waals surface area contributed by atoms with Gasteiger partial charge >= 0.3 is 0 Å². The molecule has 0 bridgehead atoms. The van der Waals surface area contributed by atoms with E-state index in [0.717, 1.165) is 34.1 Å². The monoisotopic (exact) mass is 484 g/mol. The van der Waals surface area contributed by atoms with Gasteiger partial charge in [0.2, 0.25) is 15.9 Å². The number of rotatable bonds is 4. The van der Waals surface area contributed by atoms with E-state index < -0.39 is 10.0 Å². The Morgan fingerprint density at radius 2 is 1.71 bits per heavy atom. The van der Waals surface area contributed by atoms with Crippen molar-refractivity contribution >= 4 is 26.9 Å². The van der Waals surface area contributed by atoms with Gasteiger partial charge in [-0.25, -0.2) is 8.42 Å². The SMILES string of the molecule is Cc1ccc2c(CC(=O)N3CCN(S(=O)(=O)c4ccc5c(c4)OCCCO5)CC3)coc2c1C. The fraction of sp³-hybridized carbons (Fsp3) is 0.400. The molecule has 9 heteroatoms. The quantitative estimate of drug-likeness (QED) is 0.565. The van der Waals surface area contributed by atoms with Crippen molar-refractivity contribution in [1.82, 2.24) is 9.21 Å². The summed E-state index contributed by atoms with van der Waals surface area (Å²) in [7, 11) is -3.70. The number of aryl methyl sites for hydroxylation is 2. The van der Waals surface area contributed by atoms with Gasteiger partial charge in [0.1, 0.15) is 5.58 Å². The number of piperazine rings is 1. The van der Waals surface area contributed by atoms with Crippen LogP contribution in [0.4, 0.5) is 0 Å². The van der Waals surface area contributed by atoms with Crippen molar-refractivity contribution in [3.05, 3.63) is 53.3 Å². The number of benzene rings is 2. The summed E-state index contributed by atoms with van der Waals surface area (Å²) >= 11 is 0. The van der Waals surface area contributed by atoms with Crippen LogP contribution in [0.5, 0.6) is 11.5 Å². The van der Waals surface area contributed by atoms with Crippen molar-refractivity contribution in [3.8, 4) is 11.5 Å². The fourth-order valence-electron chi connectivity index (χ4n) is 4.43. The van der Waals surface area contributed by atoms with E-state index in [4.69, 9.17) is 13.9 Å². The number of fused-ring (bicyclic) bond motifs is 2. The summed E-state index contributed by atoms with van der Waals surface area (Å²) in [6.07, 6.45) is 2.63. The molecule has 1 saturated heterocycles. The van der Waals surface area contributed by atoms with Gasteiger partial charge in [0.05, 0.1) is 30.8 Å². The highest BCUT2D eigenvalue weighted by molar-refractivity contribution is 7.89. The van der Waals surface area contributed by atoms with Crippen LogP contribution in [0.25, 0.3) is 11.0 Å². The third-order valence-corrected chi connectivity index (χ3v) is 8.53. The summed E-state index contributed by atoms with van der Waals surface area (Å²) in [4.78, 5) is 14.9. The van der Waals surface area contributed by atoms with Crippen molar-refractivity contribution in [3.63, 3.8) is 0 Å². The summed E-state index contributed by atoms with van der Waals surface area (Å²) < 4.78 is 44.8. The number of nitrogens with zero attached hydrogens (tertiary/aromatic N) is 2. The lowest BCUT2D eigenvalue weighted by Crippen LogP contribution is -2.50. The van der Waals surface area contributed by atoms with Crippen LogP contribution in [0.15, 0.2) is 45.9 Å². The molecule has 1 aromatic heterocycles. The minimum Gasteiger partial charge on any atom is -0.490 e. The molecule has 0 unspecified atom stereocenters. The topological polar surface area (TPSA) is 89.3 Å². The number of hydrogen-bond acceptors (Lipinski definition) is 6. The Morgan fingerprint density at radius 3 is 2.47 bits per heavy atom. The Hall–Kier alpha value is -3.04. The summed E-state index contributed by atoms with van der Waals surface area (Å²) in [5, 5.41) is 0.951. The lowest BCUT2D eigenvalue weighted by Gasteiger charge is -2.34. The van der Waals surface area contributed by atoms with Gasteiger partial charge in [-0.3, -0.25) is 4.79 Å². The van der Waals surface area contributed by atoms with E-state index in [2.05, 4.69) is 0 Å². The van der Waals surface area contributed by atoms with E-state index in [-0.39, 0.29) is 30.3 Å². The van der Waals surface area contributed by atoms with Crippen molar-refractivity contribution in [2.24, 2.45) is 0 Å². The smallest absolute Gasteiger partial charge is 0.243 e. The van der Waals surface area contributed by atoms with Crippen molar-refractivity contribution in [2.75, 3.05) is 39.4 Å². The highest BCUT2D eigenvalue weighted by Gasteiger charge is 2.31. The first kappa shape index (κ1) is 22.7. The predicted molar refractivity (Wildman–Crippen MR) is 127 cm³/mol. The molecule has 3 heterocycles. The second kappa shape index (κ2) is 8.96. The molecule has 2 aliphatic rings. The van der Waals surface area contributed by atoms with Crippen LogP contribution >= 0.6 is 0 Å². The normalized spacial score (nSPS) is 17.1. The van der Waals surface area contributed by atoms with E-state index in [1.807, 2.05) is 26.0 Å². The summed E-state index contributed by atoms with van der Waals surface area (Å²) in [5.74, 6) is 0.975. The van der Waals surface area contributed by atoms with Crippen LogP contribution in [0.2, 0.25) is 0 Å². The molecule has 0 N–H and O–H groups in total. The number of amides is 1. The molecule has 0 aliphatic carbocycles. The largest absolute Gasteiger partial charge is 0.490 e.